The lowest BCUT2D eigenvalue weighted by Crippen LogP contribution is -2.36. The minimum atomic E-state index is -0.398. The minimum absolute atomic E-state index is 0.183. The first-order valence-electron chi connectivity index (χ1n) is 5.51. The maximum atomic E-state index is 11.8. The summed E-state index contributed by atoms with van der Waals surface area (Å²) in [4.78, 5) is 13.6. The van der Waals surface area contributed by atoms with Gasteiger partial charge in [0.15, 0.2) is 0 Å². The molecule has 0 unspecified atom stereocenters. The number of hydrogen-bond donors (Lipinski definition) is 0. The van der Waals surface area contributed by atoms with Crippen molar-refractivity contribution in [1.29, 1.82) is 0 Å². The van der Waals surface area contributed by atoms with Crippen molar-refractivity contribution < 1.29 is 14.3 Å². The van der Waals surface area contributed by atoms with Crippen LogP contribution in [-0.4, -0.2) is 42.9 Å². The average Bonchev–Trinajstić information content (AvgIpc) is 2.56. The van der Waals surface area contributed by atoms with Gasteiger partial charge in [0.2, 0.25) is 0 Å². The monoisotopic (exact) mass is 213 g/mol. The zero-order chi connectivity index (χ0) is 11.1. The van der Waals surface area contributed by atoms with Crippen LogP contribution in [0.1, 0.15) is 20.8 Å². The van der Waals surface area contributed by atoms with Crippen molar-refractivity contribution in [2.45, 2.75) is 26.4 Å². The number of carbonyl (C=O) groups excluding carboxylic acids is 1. The Morgan fingerprint density at radius 2 is 1.80 bits per heavy atom. The van der Waals surface area contributed by atoms with Crippen LogP contribution >= 0.6 is 0 Å². The van der Waals surface area contributed by atoms with E-state index in [0.29, 0.717) is 11.8 Å². The zero-order valence-corrected chi connectivity index (χ0v) is 9.66. The molecule has 0 saturated carbocycles. The normalized spacial score (nSPS) is 30.5. The Bertz CT molecular complexity index is 247. The maximum Gasteiger partial charge on any atom is 0.410 e. The third-order valence-electron chi connectivity index (χ3n) is 2.89. The lowest BCUT2D eigenvalue weighted by molar-refractivity contribution is 0.0259. The molecule has 0 bridgehead atoms. The summed E-state index contributed by atoms with van der Waals surface area (Å²) in [5.41, 5.74) is -0.398. The average molecular weight is 213 g/mol. The molecule has 2 rings (SSSR count). The summed E-state index contributed by atoms with van der Waals surface area (Å²) >= 11 is 0. The molecule has 0 aromatic rings. The van der Waals surface area contributed by atoms with Crippen LogP contribution in [0.4, 0.5) is 4.79 Å². The van der Waals surface area contributed by atoms with Gasteiger partial charge < -0.3 is 14.4 Å². The van der Waals surface area contributed by atoms with Gasteiger partial charge in [-0.1, -0.05) is 0 Å². The van der Waals surface area contributed by atoms with Crippen molar-refractivity contribution in [1.82, 2.24) is 4.90 Å². The summed E-state index contributed by atoms with van der Waals surface area (Å²) in [5.74, 6) is 1.05. The molecule has 0 aromatic carbocycles. The SMILES string of the molecule is CC(C)(C)OC(=O)N1C[C@H]2COC[C@@H]2C1. The first-order valence-corrected chi connectivity index (χ1v) is 5.51. The molecule has 0 aliphatic carbocycles. The van der Waals surface area contributed by atoms with Gasteiger partial charge in [0, 0.05) is 24.9 Å². The molecule has 2 aliphatic heterocycles. The quantitative estimate of drug-likeness (QED) is 0.612. The molecule has 1 amide bonds. The second-order valence-electron chi connectivity index (χ2n) is 5.44. The van der Waals surface area contributed by atoms with Crippen molar-refractivity contribution in [3.05, 3.63) is 0 Å². The van der Waals surface area contributed by atoms with E-state index >= 15 is 0 Å². The van der Waals surface area contributed by atoms with Crippen LogP contribution in [0.15, 0.2) is 0 Å². The summed E-state index contributed by atoms with van der Waals surface area (Å²) < 4.78 is 10.7. The predicted octanol–water partition coefficient (Wildman–Crippen LogP) is 1.50. The van der Waals surface area contributed by atoms with Crippen LogP contribution in [0, 0.1) is 11.8 Å². The van der Waals surface area contributed by atoms with Crippen molar-refractivity contribution >= 4 is 6.09 Å². The summed E-state index contributed by atoms with van der Waals surface area (Å²) in [6.45, 7) is 8.85. The van der Waals surface area contributed by atoms with Crippen LogP contribution in [0.25, 0.3) is 0 Å². The molecule has 2 heterocycles. The third-order valence-corrected chi connectivity index (χ3v) is 2.89. The van der Waals surface area contributed by atoms with Crippen LogP contribution in [-0.2, 0) is 9.47 Å². The highest BCUT2D eigenvalue weighted by molar-refractivity contribution is 5.68. The molecule has 4 heteroatoms. The van der Waals surface area contributed by atoms with Gasteiger partial charge in [-0.05, 0) is 20.8 Å². The van der Waals surface area contributed by atoms with E-state index < -0.39 is 5.60 Å². The van der Waals surface area contributed by atoms with Gasteiger partial charge in [-0.3, -0.25) is 0 Å². The van der Waals surface area contributed by atoms with Gasteiger partial charge >= 0.3 is 6.09 Å². The highest BCUT2D eigenvalue weighted by atomic mass is 16.6. The van der Waals surface area contributed by atoms with Crippen LogP contribution in [0.2, 0.25) is 0 Å². The van der Waals surface area contributed by atoms with Crippen molar-refractivity contribution in [3.63, 3.8) is 0 Å². The van der Waals surface area contributed by atoms with Gasteiger partial charge in [-0.15, -0.1) is 0 Å². The number of carbonyl (C=O) groups is 1. The zero-order valence-electron chi connectivity index (χ0n) is 9.66. The predicted molar refractivity (Wildman–Crippen MR) is 55.6 cm³/mol. The second kappa shape index (κ2) is 3.67. The Kier molecular flexibility index (Phi) is 2.63. The maximum absolute atomic E-state index is 11.8. The van der Waals surface area contributed by atoms with Crippen LogP contribution in [0.3, 0.4) is 0 Å². The van der Waals surface area contributed by atoms with E-state index in [9.17, 15) is 4.79 Å². The smallest absolute Gasteiger partial charge is 0.410 e. The molecule has 86 valence electrons. The molecule has 0 radical (unpaired) electrons. The number of ether oxygens (including phenoxy) is 2. The largest absolute Gasteiger partial charge is 0.444 e. The van der Waals surface area contributed by atoms with E-state index in [4.69, 9.17) is 9.47 Å². The molecule has 4 nitrogen and oxygen atoms in total. The fraction of sp³-hybridized carbons (Fsp3) is 0.909. The third kappa shape index (κ3) is 2.43. The number of fused-ring (bicyclic) bond motifs is 1. The van der Waals surface area contributed by atoms with E-state index in [0.717, 1.165) is 26.3 Å². The molecule has 0 spiro atoms. The van der Waals surface area contributed by atoms with E-state index in [-0.39, 0.29) is 6.09 Å². The summed E-state index contributed by atoms with van der Waals surface area (Å²) in [6.07, 6.45) is -0.183. The van der Waals surface area contributed by atoms with Crippen LogP contribution < -0.4 is 0 Å². The number of rotatable bonds is 0. The Balaban J connectivity index is 1.88. The number of likely N-dealkylation sites (tertiary alicyclic amines) is 1. The molecular weight excluding hydrogens is 194 g/mol. The topological polar surface area (TPSA) is 38.8 Å². The Morgan fingerprint density at radius 1 is 1.27 bits per heavy atom. The molecule has 2 atom stereocenters. The second-order valence-corrected chi connectivity index (χ2v) is 5.44. The highest BCUT2D eigenvalue weighted by Gasteiger charge is 2.40. The standard InChI is InChI=1S/C11H19NO3/c1-11(2,3)15-10(13)12-4-8-6-14-7-9(8)5-12/h8-9H,4-7H2,1-3H3/t8-,9-/m0/s1. The Hall–Kier alpha value is -0.770. The van der Waals surface area contributed by atoms with Gasteiger partial charge in [0.1, 0.15) is 5.60 Å². The number of amides is 1. The van der Waals surface area contributed by atoms with Crippen LogP contribution in [0.5, 0.6) is 0 Å². The van der Waals surface area contributed by atoms with Crippen molar-refractivity contribution in [3.8, 4) is 0 Å². The molecule has 2 fully saturated rings. The first kappa shape index (κ1) is 10.7. The summed E-state index contributed by atoms with van der Waals surface area (Å²) in [6, 6.07) is 0. The van der Waals surface area contributed by atoms with Crippen molar-refractivity contribution in [2.24, 2.45) is 11.8 Å². The summed E-state index contributed by atoms with van der Waals surface area (Å²) in [7, 11) is 0. The van der Waals surface area contributed by atoms with E-state index in [1.54, 1.807) is 0 Å². The van der Waals surface area contributed by atoms with Gasteiger partial charge in [-0.25, -0.2) is 4.79 Å². The molecule has 2 saturated heterocycles. The molecule has 0 N–H and O–H groups in total. The lowest BCUT2D eigenvalue weighted by Gasteiger charge is -2.24. The Labute approximate surface area is 90.5 Å². The molecule has 15 heavy (non-hydrogen) atoms. The fourth-order valence-corrected chi connectivity index (χ4v) is 2.16. The van der Waals surface area contributed by atoms with E-state index in [1.165, 1.54) is 0 Å². The number of hydrogen-bond acceptors (Lipinski definition) is 3. The fourth-order valence-electron chi connectivity index (χ4n) is 2.16. The van der Waals surface area contributed by atoms with Gasteiger partial charge in [0.05, 0.1) is 13.2 Å². The molecule has 0 aromatic heterocycles. The Morgan fingerprint density at radius 3 is 2.27 bits per heavy atom. The number of nitrogens with zero attached hydrogens (tertiary/aromatic N) is 1. The van der Waals surface area contributed by atoms with Crippen molar-refractivity contribution in [2.75, 3.05) is 26.3 Å². The highest BCUT2D eigenvalue weighted by Crippen LogP contribution is 2.29. The van der Waals surface area contributed by atoms with Gasteiger partial charge in [0.25, 0.3) is 0 Å². The molecule has 2 aliphatic rings. The van der Waals surface area contributed by atoms with E-state index in [1.807, 2.05) is 25.7 Å². The summed E-state index contributed by atoms with van der Waals surface area (Å²) in [5, 5.41) is 0. The first-order chi connectivity index (χ1) is 6.96. The van der Waals surface area contributed by atoms with E-state index in [2.05, 4.69) is 0 Å². The van der Waals surface area contributed by atoms with Gasteiger partial charge in [-0.2, -0.15) is 0 Å². The lowest BCUT2D eigenvalue weighted by atomic mass is 10.0. The minimum Gasteiger partial charge on any atom is -0.444 e. The molecular formula is C11H19NO3.